The average Bonchev–Trinajstić information content (AvgIpc) is 3.24. The minimum absolute atomic E-state index is 0.650. The summed E-state index contributed by atoms with van der Waals surface area (Å²) in [5.41, 5.74) is 5.68. The van der Waals surface area contributed by atoms with Crippen molar-refractivity contribution < 1.29 is 0 Å². The molecule has 2 aromatic heterocycles. The summed E-state index contributed by atoms with van der Waals surface area (Å²) < 4.78 is 2.10. The van der Waals surface area contributed by atoms with Crippen molar-refractivity contribution in [3.8, 4) is 6.07 Å². The lowest BCUT2D eigenvalue weighted by Crippen LogP contribution is -1.99. The van der Waals surface area contributed by atoms with Gasteiger partial charge in [-0.1, -0.05) is 24.3 Å². The predicted molar refractivity (Wildman–Crippen MR) is 106 cm³/mol. The van der Waals surface area contributed by atoms with E-state index in [0.717, 1.165) is 38.7 Å². The van der Waals surface area contributed by atoms with Crippen LogP contribution in [0.3, 0.4) is 0 Å². The molecule has 0 radical (unpaired) electrons. The number of imidazole rings is 1. The Bertz CT molecular complexity index is 1160. The molecule has 0 unspecified atom stereocenters. The van der Waals surface area contributed by atoms with E-state index >= 15 is 0 Å². The number of nitriles is 1. The first-order valence-electron chi connectivity index (χ1n) is 8.22. The van der Waals surface area contributed by atoms with Gasteiger partial charge in [-0.05, 0) is 42.8 Å². The molecule has 0 amide bonds. The van der Waals surface area contributed by atoms with Crippen LogP contribution in [0, 0.1) is 18.3 Å². The van der Waals surface area contributed by atoms with Crippen molar-refractivity contribution in [1.82, 2.24) is 14.5 Å². The summed E-state index contributed by atoms with van der Waals surface area (Å²) >= 11 is 1.61. The third-order valence-corrected chi connectivity index (χ3v) is 5.22. The lowest BCUT2D eigenvalue weighted by atomic mass is 10.1. The van der Waals surface area contributed by atoms with Gasteiger partial charge in [-0.3, -0.25) is 0 Å². The molecule has 0 aliphatic rings. The Labute approximate surface area is 155 Å². The molecule has 26 heavy (non-hydrogen) atoms. The van der Waals surface area contributed by atoms with Crippen molar-refractivity contribution in [3.05, 3.63) is 81.6 Å². The summed E-state index contributed by atoms with van der Waals surface area (Å²) in [7, 11) is 2.03. The van der Waals surface area contributed by atoms with E-state index in [1.807, 2.05) is 61.8 Å². The Balaban J connectivity index is 1.91. The molecular weight excluding hydrogens is 340 g/mol. The van der Waals surface area contributed by atoms with Crippen molar-refractivity contribution in [2.24, 2.45) is 7.05 Å². The first-order chi connectivity index (χ1) is 12.7. The van der Waals surface area contributed by atoms with Gasteiger partial charge in [-0.25, -0.2) is 9.97 Å². The largest absolute Gasteiger partial charge is 0.327 e. The molecule has 4 rings (SSSR count). The molecule has 0 fully saturated rings. The number of thiazole rings is 1. The number of rotatable bonds is 3. The van der Waals surface area contributed by atoms with Gasteiger partial charge in [0.15, 0.2) is 0 Å². The van der Waals surface area contributed by atoms with Crippen LogP contribution in [0.15, 0.2) is 53.9 Å². The lowest BCUT2D eigenvalue weighted by Gasteiger charge is -2.06. The maximum Gasteiger partial charge on any atom is 0.143 e. The van der Waals surface area contributed by atoms with Crippen LogP contribution in [-0.4, -0.2) is 14.5 Å². The first kappa shape index (κ1) is 16.2. The molecule has 0 spiro atoms. The molecule has 0 aliphatic heterocycles. The maximum atomic E-state index is 9.00. The average molecular weight is 356 g/mol. The van der Waals surface area contributed by atoms with Gasteiger partial charge in [0.2, 0.25) is 0 Å². The van der Waals surface area contributed by atoms with E-state index in [4.69, 9.17) is 10.2 Å². The molecule has 126 valence electrons. The Hall–Kier alpha value is -3.23. The number of fused-ring (bicyclic) bond motifs is 1. The Morgan fingerprint density at radius 3 is 2.54 bits per heavy atom. The molecule has 0 bridgehead atoms. The molecule has 5 heteroatoms. The zero-order valence-electron chi connectivity index (χ0n) is 14.5. The van der Waals surface area contributed by atoms with E-state index in [9.17, 15) is 0 Å². The fourth-order valence-corrected chi connectivity index (χ4v) is 3.72. The SMILES string of the molecule is Cc1csc(/C(=C\c2ccc(C#N)cc2)c2nc3ccccc3n2C)n1. The number of nitrogens with zero attached hydrogens (tertiary/aromatic N) is 4. The monoisotopic (exact) mass is 356 g/mol. The quantitative estimate of drug-likeness (QED) is 0.530. The van der Waals surface area contributed by atoms with Crippen molar-refractivity contribution in [3.63, 3.8) is 0 Å². The van der Waals surface area contributed by atoms with Crippen LogP contribution in [0.25, 0.3) is 22.7 Å². The molecule has 0 N–H and O–H groups in total. The molecule has 4 nitrogen and oxygen atoms in total. The molecule has 2 aromatic carbocycles. The van der Waals surface area contributed by atoms with Crippen LogP contribution >= 0.6 is 11.3 Å². The van der Waals surface area contributed by atoms with Gasteiger partial charge in [0.05, 0.1) is 28.2 Å². The van der Waals surface area contributed by atoms with Crippen molar-refractivity contribution in [2.45, 2.75) is 6.92 Å². The number of hydrogen-bond donors (Lipinski definition) is 0. The number of hydrogen-bond acceptors (Lipinski definition) is 4. The van der Waals surface area contributed by atoms with Crippen LogP contribution in [-0.2, 0) is 7.05 Å². The second kappa shape index (κ2) is 6.58. The number of aryl methyl sites for hydroxylation is 2. The van der Waals surface area contributed by atoms with Gasteiger partial charge in [0, 0.05) is 18.1 Å². The molecular formula is C21H16N4S. The van der Waals surface area contributed by atoms with Gasteiger partial charge in [0.1, 0.15) is 10.8 Å². The number of benzene rings is 2. The summed E-state index contributed by atoms with van der Waals surface area (Å²) in [5.74, 6) is 0.880. The van der Waals surface area contributed by atoms with Crippen LogP contribution in [0.2, 0.25) is 0 Å². The van der Waals surface area contributed by atoms with Crippen molar-refractivity contribution in [1.29, 1.82) is 5.26 Å². The highest BCUT2D eigenvalue weighted by Gasteiger charge is 2.16. The summed E-state index contributed by atoms with van der Waals surface area (Å²) in [6, 6.07) is 17.8. The summed E-state index contributed by atoms with van der Waals surface area (Å²) in [5, 5.41) is 12.0. The fraction of sp³-hybridized carbons (Fsp3) is 0.0952. The van der Waals surface area contributed by atoms with E-state index in [-0.39, 0.29) is 0 Å². The second-order valence-corrected chi connectivity index (χ2v) is 6.93. The van der Waals surface area contributed by atoms with E-state index < -0.39 is 0 Å². The first-order valence-corrected chi connectivity index (χ1v) is 9.10. The third-order valence-electron chi connectivity index (χ3n) is 4.23. The lowest BCUT2D eigenvalue weighted by molar-refractivity contribution is 0.922. The Kier molecular flexibility index (Phi) is 4.11. The molecule has 0 saturated heterocycles. The second-order valence-electron chi connectivity index (χ2n) is 6.07. The Morgan fingerprint density at radius 2 is 1.88 bits per heavy atom. The smallest absolute Gasteiger partial charge is 0.143 e. The predicted octanol–water partition coefficient (Wildman–Crippen LogP) is 4.80. The highest BCUT2D eigenvalue weighted by atomic mass is 32.1. The number of aromatic nitrogens is 3. The van der Waals surface area contributed by atoms with E-state index in [1.54, 1.807) is 11.3 Å². The van der Waals surface area contributed by atoms with Gasteiger partial charge in [-0.15, -0.1) is 11.3 Å². The van der Waals surface area contributed by atoms with Crippen LogP contribution in [0.1, 0.15) is 27.7 Å². The topological polar surface area (TPSA) is 54.5 Å². The third kappa shape index (κ3) is 2.92. The van der Waals surface area contributed by atoms with E-state index in [2.05, 4.69) is 27.8 Å². The van der Waals surface area contributed by atoms with Gasteiger partial charge in [-0.2, -0.15) is 5.26 Å². The van der Waals surface area contributed by atoms with Gasteiger partial charge >= 0.3 is 0 Å². The van der Waals surface area contributed by atoms with Crippen LogP contribution in [0.4, 0.5) is 0 Å². The molecule has 2 heterocycles. The highest BCUT2D eigenvalue weighted by molar-refractivity contribution is 7.11. The summed E-state index contributed by atoms with van der Waals surface area (Å²) in [6.45, 7) is 1.99. The van der Waals surface area contributed by atoms with E-state index in [1.165, 1.54) is 0 Å². The highest BCUT2D eigenvalue weighted by Crippen LogP contribution is 2.30. The molecule has 0 aliphatic carbocycles. The standard InChI is InChI=1S/C21H16N4S/c1-14-13-26-21(23-14)17(11-15-7-9-16(12-22)10-8-15)20-24-18-5-3-4-6-19(18)25(20)2/h3-11,13H,1-2H3/b17-11-. The van der Waals surface area contributed by atoms with Crippen molar-refractivity contribution in [2.75, 3.05) is 0 Å². The normalized spacial score (nSPS) is 11.7. The maximum absolute atomic E-state index is 9.00. The van der Waals surface area contributed by atoms with E-state index in [0.29, 0.717) is 5.56 Å². The van der Waals surface area contributed by atoms with Crippen LogP contribution < -0.4 is 0 Å². The Morgan fingerprint density at radius 1 is 1.12 bits per heavy atom. The molecule has 4 aromatic rings. The summed E-state index contributed by atoms with van der Waals surface area (Å²) in [4.78, 5) is 9.51. The zero-order valence-corrected chi connectivity index (χ0v) is 15.3. The summed E-state index contributed by atoms with van der Waals surface area (Å²) in [6.07, 6.45) is 2.08. The zero-order chi connectivity index (χ0) is 18.1. The minimum Gasteiger partial charge on any atom is -0.327 e. The van der Waals surface area contributed by atoms with Crippen LogP contribution in [0.5, 0.6) is 0 Å². The molecule has 0 saturated carbocycles. The fourth-order valence-electron chi connectivity index (χ4n) is 2.91. The molecule has 0 atom stereocenters. The van der Waals surface area contributed by atoms with Gasteiger partial charge < -0.3 is 4.57 Å². The van der Waals surface area contributed by atoms with Crippen molar-refractivity contribution >= 4 is 34.0 Å². The minimum atomic E-state index is 0.650. The van der Waals surface area contributed by atoms with Gasteiger partial charge in [0.25, 0.3) is 0 Å². The number of para-hydroxylation sites is 2.